The summed E-state index contributed by atoms with van der Waals surface area (Å²) in [5.41, 5.74) is 12.2. The van der Waals surface area contributed by atoms with Gasteiger partial charge in [-0.15, -0.1) is 0 Å². The number of piperidine rings is 1. The number of rotatable bonds is 6. The minimum atomic E-state index is -0.606. The van der Waals surface area contributed by atoms with Crippen molar-refractivity contribution in [3.05, 3.63) is 95.1 Å². The third-order valence-corrected chi connectivity index (χ3v) is 6.92. The van der Waals surface area contributed by atoms with E-state index in [1.54, 1.807) is 0 Å². The van der Waals surface area contributed by atoms with Crippen LogP contribution in [0.5, 0.6) is 0 Å². The molecule has 4 rings (SSSR count). The van der Waals surface area contributed by atoms with Crippen molar-refractivity contribution in [1.82, 2.24) is 4.90 Å². The van der Waals surface area contributed by atoms with Crippen molar-refractivity contribution >= 4 is 11.8 Å². The molecule has 170 valence electrons. The molecule has 2 N–H and O–H groups in total. The predicted octanol–water partition coefficient (Wildman–Crippen LogP) is 4.85. The molecule has 0 saturated carbocycles. The zero-order chi connectivity index (χ0) is 23.4. The van der Waals surface area contributed by atoms with Crippen molar-refractivity contribution in [2.24, 2.45) is 11.1 Å². The highest BCUT2D eigenvalue weighted by molar-refractivity contribution is 5.83. The third kappa shape index (κ3) is 5.33. The van der Waals surface area contributed by atoms with E-state index in [1.807, 2.05) is 36.1 Å². The van der Waals surface area contributed by atoms with Gasteiger partial charge in [-0.05, 0) is 55.4 Å². The minimum absolute atomic E-state index is 0.111. The molecular formula is C29H32N2O2. The molecule has 1 aliphatic heterocycles. The van der Waals surface area contributed by atoms with Crippen LogP contribution in [0.2, 0.25) is 0 Å². The molecule has 0 aromatic heterocycles. The summed E-state index contributed by atoms with van der Waals surface area (Å²) in [6.07, 6.45) is 2.20. The zero-order valence-electron chi connectivity index (χ0n) is 19.5. The number of primary amides is 1. The van der Waals surface area contributed by atoms with Crippen molar-refractivity contribution < 1.29 is 9.59 Å². The van der Waals surface area contributed by atoms with Crippen LogP contribution in [0.25, 0.3) is 11.1 Å². The molecule has 4 heteroatoms. The Morgan fingerprint density at radius 1 is 0.818 bits per heavy atom. The molecule has 0 atom stereocenters. The second-order valence-electron chi connectivity index (χ2n) is 9.43. The smallest absolute Gasteiger partial charge is 0.226 e. The van der Waals surface area contributed by atoms with Crippen LogP contribution in [0.1, 0.15) is 35.1 Å². The van der Waals surface area contributed by atoms with Crippen molar-refractivity contribution in [2.45, 2.75) is 39.5 Å². The van der Waals surface area contributed by atoms with E-state index >= 15 is 0 Å². The van der Waals surface area contributed by atoms with E-state index in [0.717, 1.165) is 16.7 Å². The van der Waals surface area contributed by atoms with Gasteiger partial charge in [-0.1, -0.05) is 83.9 Å². The maximum atomic E-state index is 12.8. The van der Waals surface area contributed by atoms with Gasteiger partial charge in [-0.25, -0.2) is 0 Å². The number of aryl methyl sites for hydroxylation is 2. The molecule has 3 aromatic carbocycles. The lowest BCUT2D eigenvalue weighted by molar-refractivity contribution is -0.138. The first-order valence-electron chi connectivity index (χ1n) is 11.6. The lowest BCUT2D eigenvalue weighted by atomic mass is 9.73. The Labute approximate surface area is 196 Å². The largest absolute Gasteiger partial charge is 0.369 e. The molecule has 0 unspecified atom stereocenters. The lowest BCUT2D eigenvalue weighted by Gasteiger charge is -2.40. The fourth-order valence-electron chi connectivity index (χ4n) is 4.72. The molecule has 0 bridgehead atoms. The van der Waals surface area contributed by atoms with E-state index in [1.165, 1.54) is 16.7 Å². The van der Waals surface area contributed by atoms with E-state index in [-0.39, 0.29) is 11.8 Å². The van der Waals surface area contributed by atoms with Gasteiger partial charge < -0.3 is 10.6 Å². The summed E-state index contributed by atoms with van der Waals surface area (Å²) in [5.74, 6) is -0.157. The van der Waals surface area contributed by atoms with Gasteiger partial charge in [0.05, 0.1) is 11.8 Å². The first-order chi connectivity index (χ1) is 15.8. The quantitative estimate of drug-likeness (QED) is 0.596. The monoisotopic (exact) mass is 440 g/mol. The van der Waals surface area contributed by atoms with Gasteiger partial charge in [-0.3, -0.25) is 9.59 Å². The van der Waals surface area contributed by atoms with Gasteiger partial charge in [0.25, 0.3) is 0 Å². The van der Waals surface area contributed by atoms with E-state index < -0.39 is 5.41 Å². The predicted molar refractivity (Wildman–Crippen MR) is 133 cm³/mol. The second-order valence-corrected chi connectivity index (χ2v) is 9.43. The number of likely N-dealkylation sites (tertiary alicyclic amines) is 1. The lowest BCUT2D eigenvalue weighted by Crippen LogP contribution is -2.50. The Morgan fingerprint density at radius 3 is 2.06 bits per heavy atom. The fraction of sp³-hybridized carbons (Fsp3) is 0.310. The van der Waals surface area contributed by atoms with Crippen LogP contribution in [0.15, 0.2) is 72.8 Å². The summed E-state index contributed by atoms with van der Waals surface area (Å²) in [5, 5.41) is 0. The number of carbonyl (C=O) groups excluding carboxylic acids is 2. The van der Waals surface area contributed by atoms with Gasteiger partial charge >= 0.3 is 0 Å². The molecule has 1 aliphatic rings. The maximum Gasteiger partial charge on any atom is 0.226 e. The Balaban J connectivity index is 1.41. The highest BCUT2D eigenvalue weighted by Gasteiger charge is 2.40. The molecule has 3 aromatic rings. The molecule has 0 radical (unpaired) electrons. The minimum Gasteiger partial charge on any atom is -0.369 e. The highest BCUT2D eigenvalue weighted by atomic mass is 16.2. The van der Waals surface area contributed by atoms with E-state index in [0.29, 0.717) is 38.8 Å². The van der Waals surface area contributed by atoms with Crippen LogP contribution in [0.3, 0.4) is 0 Å². The normalized spacial score (nSPS) is 15.3. The number of benzene rings is 3. The maximum absolute atomic E-state index is 12.8. The molecule has 1 fully saturated rings. The molecule has 33 heavy (non-hydrogen) atoms. The molecule has 2 amide bonds. The second kappa shape index (κ2) is 9.62. The van der Waals surface area contributed by atoms with Crippen LogP contribution in [-0.4, -0.2) is 29.8 Å². The highest BCUT2D eigenvalue weighted by Crippen LogP contribution is 2.36. The number of hydrogen-bond donors (Lipinski definition) is 1. The zero-order valence-corrected chi connectivity index (χ0v) is 19.5. The molecule has 1 heterocycles. The SMILES string of the molecule is Cc1ccc(CC(=O)N2CCC(Cc3ccc(-c4cccc(C)c4)cc3)(C(N)=O)CC2)cc1. The first kappa shape index (κ1) is 22.8. The Morgan fingerprint density at radius 2 is 1.45 bits per heavy atom. The van der Waals surface area contributed by atoms with Gasteiger partial charge in [-0.2, -0.15) is 0 Å². The van der Waals surface area contributed by atoms with E-state index in [4.69, 9.17) is 5.73 Å². The summed E-state index contributed by atoms with van der Waals surface area (Å²) in [7, 11) is 0. The van der Waals surface area contributed by atoms with Gasteiger partial charge in [0.1, 0.15) is 0 Å². The number of nitrogens with zero attached hydrogens (tertiary/aromatic N) is 1. The number of nitrogens with two attached hydrogens (primary N) is 1. The standard InChI is InChI=1S/C29H32N2O2/c1-21-6-8-23(9-7-21)19-27(32)31-16-14-29(15-17-31,28(30)33)20-24-10-12-25(13-11-24)26-5-3-4-22(2)18-26/h3-13,18H,14-17,19-20H2,1-2H3,(H2,30,33). The molecule has 0 aliphatic carbocycles. The summed E-state index contributed by atoms with van der Waals surface area (Å²) < 4.78 is 0. The summed E-state index contributed by atoms with van der Waals surface area (Å²) in [6.45, 7) is 5.26. The third-order valence-electron chi connectivity index (χ3n) is 6.92. The van der Waals surface area contributed by atoms with Crippen molar-refractivity contribution in [3.8, 4) is 11.1 Å². The Hall–Kier alpha value is -3.40. The summed E-state index contributed by atoms with van der Waals surface area (Å²) >= 11 is 0. The van der Waals surface area contributed by atoms with Crippen LogP contribution in [0, 0.1) is 19.3 Å². The van der Waals surface area contributed by atoms with Crippen molar-refractivity contribution in [2.75, 3.05) is 13.1 Å². The van der Waals surface area contributed by atoms with Crippen LogP contribution < -0.4 is 5.73 Å². The Kier molecular flexibility index (Phi) is 6.64. The van der Waals surface area contributed by atoms with Crippen LogP contribution in [0.4, 0.5) is 0 Å². The van der Waals surface area contributed by atoms with Gasteiger partial charge in [0.2, 0.25) is 11.8 Å². The van der Waals surface area contributed by atoms with Gasteiger partial charge in [0, 0.05) is 13.1 Å². The molecular weight excluding hydrogens is 408 g/mol. The molecule has 4 nitrogen and oxygen atoms in total. The average molecular weight is 441 g/mol. The number of amides is 2. The van der Waals surface area contributed by atoms with Gasteiger partial charge in [0.15, 0.2) is 0 Å². The molecule has 0 spiro atoms. The van der Waals surface area contributed by atoms with E-state index in [9.17, 15) is 9.59 Å². The average Bonchev–Trinajstić information content (AvgIpc) is 2.81. The first-order valence-corrected chi connectivity index (χ1v) is 11.6. The number of hydrogen-bond acceptors (Lipinski definition) is 2. The summed E-state index contributed by atoms with van der Waals surface area (Å²) in [6, 6.07) is 24.9. The van der Waals surface area contributed by atoms with E-state index in [2.05, 4.69) is 55.5 Å². The summed E-state index contributed by atoms with van der Waals surface area (Å²) in [4.78, 5) is 27.2. The fourth-order valence-corrected chi connectivity index (χ4v) is 4.72. The topological polar surface area (TPSA) is 63.4 Å². The number of carbonyl (C=O) groups is 2. The van der Waals surface area contributed by atoms with Crippen LogP contribution in [-0.2, 0) is 22.4 Å². The Bertz CT molecular complexity index is 1130. The van der Waals surface area contributed by atoms with Crippen molar-refractivity contribution in [1.29, 1.82) is 0 Å². The van der Waals surface area contributed by atoms with Crippen LogP contribution >= 0.6 is 0 Å². The molecule has 1 saturated heterocycles. The van der Waals surface area contributed by atoms with Crippen molar-refractivity contribution in [3.63, 3.8) is 0 Å².